The Bertz CT molecular complexity index is 1070. The number of halogens is 1. The average molecular weight is 397 g/mol. The fourth-order valence-corrected chi connectivity index (χ4v) is 4.07. The van der Waals surface area contributed by atoms with Gasteiger partial charge in [0.15, 0.2) is 5.76 Å². The third-order valence-electron chi connectivity index (χ3n) is 4.40. The van der Waals surface area contributed by atoms with Crippen LogP contribution in [0.3, 0.4) is 0 Å². The van der Waals surface area contributed by atoms with E-state index >= 15 is 0 Å². The summed E-state index contributed by atoms with van der Waals surface area (Å²) in [5.41, 5.74) is 3.55. The number of fused-ring (bicyclic) bond motifs is 1. The van der Waals surface area contributed by atoms with Crippen LogP contribution in [-0.4, -0.2) is 5.78 Å². The van der Waals surface area contributed by atoms with Crippen LogP contribution in [0.1, 0.15) is 31.9 Å². The van der Waals surface area contributed by atoms with Crippen molar-refractivity contribution in [3.8, 4) is 11.5 Å². The van der Waals surface area contributed by atoms with E-state index in [1.54, 1.807) is 17.4 Å². The molecule has 2 aromatic carbocycles. The van der Waals surface area contributed by atoms with Crippen molar-refractivity contribution < 1.29 is 14.3 Å². The molecule has 0 bridgehead atoms. The number of carbonyl (C=O) groups is 1. The second kappa shape index (κ2) is 7.22. The smallest absolute Gasteiger partial charge is 0.232 e. The number of ketones is 1. The Balaban J connectivity index is 1.58. The van der Waals surface area contributed by atoms with Gasteiger partial charge in [-0.05, 0) is 60.2 Å². The maximum atomic E-state index is 12.7. The molecular weight excluding hydrogens is 380 g/mol. The molecule has 27 heavy (non-hydrogen) atoms. The minimum absolute atomic E-state index is 0.0864. The summed E-state index contributed by atoms with van der Waals surface area (Å²) in [6, 6.07) is 13.2. The molecule has 5 heteroatoms. The molecule has 3 aromatic rings. The van der Waals surface area contributed by atoms with Crippen molar-refractivity contribution in [3.05, 3.63) is 85.8 Å². The third-order valence-corrected chi connectivity index (χ3v) is 5.60. The van der Waals surface area contributed by atoms with Gasteiger partial charge in [0.25, 0.3) is 0 Å². The maximum absolute atomic E-state index is 12.7. The number of allylic oxidation sites excluding steroid dienone is 1. The highest BCUT2D eigenvalue weighted by molar-refractivity contribution is 7.11. The van der Waals surface area contributed by atoms with Crippen molar-refractivity contribution in [2.75, 3.05) is 0 Å². The number of thiophene rings is 1. The molecule has 2 heterocycles. The fraction of sp³-hybridized carbons (Fsp3) is 0.136. The van der Waals surface area contributed by atoms with Crippen LogP contribution in [-0.2, 0) is 6.61 Å². The van der Waals surface area contributed by atoms with Gasteiger partial charge in [-0.15, -0.1) is 11.3 Å². The minimum atomic E-state index is -0.0864. The van der Waals surface area contributed by atoms with Gasteiger partial charge in [-0.3, -0.25) is 4.79 Å². The van der Waals surface area contributed by atoms with E-state index in [2.05, 4.69) is 0 Å². The van der Waals surface area contributed by atoms with Crippen LogP contribution >= 0.6 is 22.9 Å². The lowest BCUT2D eigenvalue weighted by molar-refractivity contribution is 0.101. The normalized spacial score (nSPS) is 14.3. The van der Waals surface area contributed by atoms with E-state index in [0.29, 0.717) is 34.5 Å². The molecule has 1 aromatic heterocycles. The van der Waals surface area contributed by atoms with E-state index < -0.39 is 0 Å². The first-order valence-electron chi connectivity index (χ1n) is 8.51. The lowest BCUT2D eigenvalue weighted by atomic mass is 10.0. The second-order valence-electron chi connectivity index (χ2n) is 6.44. The fourth-order valence-electron chi connectivity index (χ4n) is 3.01. The van der Waals surface area contributed by atoms with Gasteiger partial charge in [0.05, 0.1) is 5.56 Å². The molecule has 0 saturated carbocycles. The van der Waals surface area contributed by atoms with E-state index in [1.807, 2.05) is 61.7 Å². The van der Waals surface area contributed by atoms with Crippen molar-refractivity contribution in [3.63, 3.8) is 0 Å². The number of aryl methyl sites for hydroxylation is 2. The molecule has 0 aliphatic carbocycles. The summed E-state index contributed by atoms with van der Waals surface area (Å²) in [5.74, 6) is 1.47. The molecule has 1 aliphatic heterocycles. The Hall–Kier alpha value is -2.56. The quantitative estimate of drug-likeness (QED) is 0.491. The second-order valence-corrected chi connectivity index (χ2v) is 7.82. The summed E-state index contributed by atoms with van der Waals surface area (Å²) in [6.07, 6.45) is 1.81. The number of ether oxygens (including phenoxy) is 2. The van der Waals surface area contributed by atoms with E-state index in [0.717, 1.165) is 21.6 Å². The Morgan fingerprint density at radius 1 is 1.15 bits per heavy atom. The molecular formula is C22H17ClO3S. The van der Waals surface area contributed by atoms with E-state index in [1.165, 1.54) is 0 Å². The maximum Gasteiger partial charge on any atom is 0.232 e. The monoisotopic (exact) mass is 396 g/mol. The highest BCUT2D eigenvalue weighted by Crippen LogP contribution is 2.38. The molecule has 0 saturated heterocycles. The summed E-state index contributed by atoms with van der Waals surface area (Å²) >= 11 is 7.60. The van der Waals surface area contributed by atoms with Crippen molar-refractivity contribution in [2.45, 2.75) is 20.5 Å². The zero-order chi connectivity index (χ0) is 19.0. The number of rotatable bonds is 4. The summed E-state index contributed by atoms with van der Waals surface area (Å²) in [4.78, 5) is 13.8. The Morgan fingerprint density at radius 2 is 2.00 bits per heavy atom. The third kappa shape index (κ3) is 3.64. The zero-order valence-corrected chi connectivity index (χ0v) is 16.5. The number of hydrogen-bond donors (Lipinski definition) is 0. The standard InChI is InChI=1S/C22H17ClO3S/c1-13-6-7-27-20(13)11-19-22(24)21-14(2)8-17(10-18(21)26-19)25-12-15-4-3-5-16(23)9-15/h3-11H,12H2,1-2H3/b19-11-. The highest BCUT2D eigenvalue weighted by atomic mass is 35.5. The summed E-state index contributed by atoms with van der Waals surface area (Å²) in [5, 5.41) is 2.68. The van der Waals surface area contributed by atoms with Crippen LogP contribution in [0.4, 0.5) is 0 Å². The van der Waals surface area contributed by atoms with Crippen molar-refractivity contribution >= 4 is 34.8 Å². The van der Waals surface area contributed by atoms with E-state index in [4.69, 9.17) is 21.1 Å². The van der Waals surface area contributed by atoms with Crippen LogP contribution in [0.2, 0.25) is 5.02 Å². The predicted octanol–water partition coefficient (Wildman–Crippen LogP) is 6.21. The first-order valence-corrected chi connectivity index (χ1v) is 9.77. The molecule has 0 fully saturated rings. The van der Waals surface area contributed by atoms with Gasteiger partial charge >= 0.3 is 0 Å². The minimum Gasteiger partial charge on any atom is -0.489 e. The lowest BCUT2D eigenvalue weighted by Gasteiger charge is -2.09. The summed E-state index contributed by atoms with van der Waals surface area (Å²) < 4.78 is 11.7. The number of Topliss-reactive ketones (excluding diaryl/α,β-unsaturated/α-hetero) is 1. The largest absolute Gasteiger partial charge is 0.489 e. The molecule has 3 nitrogen and oxygen atoms in total. The molecule has 0 N–H and O–H groups in total. The summed E-state index contributed by atoms with van der Waals surface area (Å²) in [7, 11) is 0. The van der Waals surface area contributed by atoms with Gasteiger partial charge in [0.1, 0.15) is 18.1 Å². The van der Waals surface area contributed by atoms with Crippen LogP contribution in [0, 0.1) is 13.8 Å². The number of carbonyl (C=O) groups excluding carboxylic acids is 1. The SMILES string of the molecule is Cc1ccsc1/C=C1\Oc2cc(OCc3cccc(Cl)c3)cc(C)c2C1=O. The molecule has 4 rings (SSSR count). The molecule has 0 radical (unpaired) electrons. The van der Waals surface area contributed by atoms with Crippen molar-refractivity contribution in [1.29, 1.82) is 0 Å². The van der Waals surface area contributed by atoms with E-state index in [-0.39, 0.29) is 5.78 Å². The van der Waals surface area contributed by atoms with Crippen LogP contribution in [0.15, 0.2) is 53.6 Å². The van der Waals surface area contributed by atoms with Crippen molar-refractivity contribution in [2.24, 2.45) is 0 Å². The highest BCUT2D eigenvalue weighted by Gasteiger charge is 2.30. The van der Waals surface area contributed by atoms with Gasteiger partial charge in [0.2, 0.25) is 5.78 Å². The van der Waals surface area contributed by atoms with Crippen LogP contribution in [0.5, 0.6) is 11.5 Å². The lowest BCUT2D eigenvalue weighted by Crippen LogP contribution is -2.00. The van der Waals surface area contributed by atoms with Crippen LogP contribution < -0.4 is 9.47 Å². The molecule has 0 amide bonds. The van der Waals surface area contributed by atoms with Gasteiger partial charge in [-0.2, -0.15) is 0 Å². The van der Waals surface area contributed by atoms with Gasteiger partial charge in [0, 0.05) is 22.0 Å². The van der Waals surface area contributed by atoms with Gasteiger partial charge in [-0.25, -0.2) is 0 Å². The number of benzene rings is 2. The predicted molar refractivity (Wildman–Crippen MR) is 109 cm³/mol. The van der Waals surface area contributed by atoms with Gasteiger partial charge < -0.3 is 9.47 Å². The molecule has 1 aliphatic rings. The average Bonchev–Trinajstić information content (AvgIpc) is 3.17. The van der Waals surface area contributed by atoms with E-state index in [9.17, 15) is 4.79 Å². The van der Waals surface area contributed by atoms with Crippen molar-refractivity contribution in [1.82, 2.24) is 0 Å². The van der Waals surface area contributed by atoms with Crippen LogP contribution in [0.25, 0.3) is 6.08 Å². The Labute approximate surface area is 166 Å². The Kier molecular flexibility index (Phi) is 4.77. The zero-order valence-electron chi connectivity index (χ0n) is 14.9. The topological polar surface area (TPSA) is 35.5 Å². The molecule has 0 unspecified atom stereocenters. The molecule has 0 atom stereocenters. The number of hydrogen-bond acceptors (Lipinski definition) is 4. The molecule has 0 spiro atoms. The molecule has 136 valence electrons. The summed E-state index contributed by atoms with van der Waals surface area (Å²) in [6.45, 7) is 4.30. The first kappa shape index (κ1) is 17.8. The first-order chi connectivity index (χ1) is 13.0. The Morgan fingerprint density at radius 3 is 2.74 bits per heavy atom. The van der Waals surface area contributed by atoms with Gasteiger partial charge in [-0.1, -0.05) is 23.7 Å².